The van der Waals surface area contributed by atoms with Crippen LogP contribution in [-0.4, -0.2) is 0 Å². The number of hydrogen-bond acceptors (Lipinski definition) is 1. The van der Waals surface area contributed by atoms with Gasteiger partial charge in [0.25, 0.3) is 0 Å². The van der Waals surface area contributed by atoms with Crippen LogP contribution in [0, 0.1) is 11.8 Å². The van der Waals surface area contributed by atoms with Crippen LogP contribution in [0.3, 0.4) is 0 Å². The average molecular weight is 540 g/mol. The molecule has 3 aliphatic carbocycles. The van der Waals surface area contributed by atoms with Crippen LogP contribution in [0.1, 0.15) is 36.8 Å². The molecule has 3 aliphatic rings. The number of para-hydroxylation sites is 1. The summed E-state index contributed by atoms with van der Waals surface area (Å²) in [6.07, 6.45) is 5.44. The van der Waals surface area contributed by atoms with Crippen LogP contribution in [0.5, 0.6) is 0 Å². The Hall–Kier alpha value is -4.62. The Morgan fingerprint density at radius 1 is 0.524 bits per heavy atom. The fraction of sp³-hybridized carbons (Fsp3) is 0.171. The average Bonchev–Trinajstić information content (AvgIpc) is 3.76. The van der Waals surface area contributed by atoms with Gasteiger partial charge in [0, 0.05) is 22.1 Å². The van der Waals surface area contributed by atoms with E-state index in [1.54, 1.807) is 11.1 Å². The van der Waals surface area contributed by atoms with Crippen molar-refractivity contribution in [3.05, 3.63) is 151 Å². The van der Waals surface area contributed by atoms with Crippen LogP contribution in [-0.2, 0) is 5.41 Å². The Morgan fingerprint density at radius 3 is 2.02 bits per heavy atom. The highest BCUT2D eigenvalue weighted by Crippen LogP contribution is 2.67. The molecule has 2 bridgehead atoms. The molecule has 42 heavy (non-hydrogen) atoms. The van der Waals surface area contributed by atoms with Gasteiger partial charge in [-0.2, -0.15) is 0 Å². The van der Waals surface area contributed by atoms with Gasteiger partial charge in [0.05, 0.1) is 11.4 Å². The largest absolute Gasteiger partial charge is 0.309 e. The zero-order valence-corrected chi connectivity index (χ0v) is 23.7. The van der Waals surface area contributed by atoms with E-state index in [2.05, 4.69) is 144 Å². The Labute approximate surface area is 248 Å². The zero-order valence-electron chi connectivity index (χ0n) is 23.7. The lowest BCUT2D eigenvalue weighted by Gasteiger charge is -2.37. The molecule has 1 heteroatoms. The summed E-state index contributed by atoms with van der Waals surface area (Å²) in [4.78, 5) is 2.53. The Morgan fingerprint density at radius 2 is 1.24 bits per heavy atom. The molecule has 3 unspecified atom stereocenters. The van der Waals surface area contributed by atoms with Crippen LogP contribution in [0.4, 0.5) is 17.1 Å². The Balaban J connectivity index is 1.33. The SMILES string of the molecule is c1ccc(-c2ccc(N(c3ccccc3)c3cccc4c3-c3ccccc3C43CC4CCC3C4)c3ccccc23)cc1. The number of rotatable bonds is 4. The number of benzene rings is 6. The van der Waals surface area contributed by atoms with E-state index in [0.29, 0.717) is 0 Å². The van der Waals surface area contributed by atoms with E-state index in [-0.39, 0.29) is 5.41 Å². The lowest BCUT2D eigenvalue weighted by atomic mass is 9.67. The second-order valence-corrected chi connectivity index (χ2v) is 12.5. The Bertz CT molecular complexity index is 1960. The lowest BCUT2D eigenvalue weighted by Crippen LogP contribution is -2.31. The molecular weight excluding hydrogens is 506 g/mol. The maximum absolute atomic E-state index is 2.53. The molecule has 0 saturated heterocycles. The first-order valence-electron chi connectivity index (χ1n) is 15.5. The van der Waals surface area contributed by atoms with E-state index >= 15 is 0 Å². The fourth-order valence-corrected chi connectivity index (χ4v) is 8.94. The van der Waals surface area contributed by atoms with Crippen LogP contribution in [0.2, 0.25) is 0 Å². The second kappa shape index (κ2) is 9.19. The van der Waals surface area contributed by atoms with Crippen LogP contribution < -0.4 is 4.90 Å². The van der Waals surface area contributed by atoms with Gasteiger partial charge in [-0.15, -0.1) is 0 Å². The van der Waals surface area contributed by atoms with Gasteiger partial charge in [-0.05, 0) is 88.6 Å². The van der Waals surface area contributed by atoms with Crippen molar-refractivity contribution >= 4 is 27.8 Å². The molecule has 0 radical (unpaired) electrons. The molecule has 0 aromatic heterocycles. The van der Waals surface area contributed by atoms with Gasteiger partial charge in [0.15, 0.2) is 0 Å². The molecule has 0 N–H and O–H groups in total. The molecule has 6 aromatic carbocycles. The van der Waals surface area contributed by atoms with Gasteiger partial charge in [0.1, 0.15) is 0 Å². The lowest BCUT2D eigenvalue weighted by molar-refractivity contribution is 0.327. The molecule has 0 amide bonds. The molecule has 2 fully saturated rings. The molecule has 9 rings (SSSR count). The van der Waals surface area contributed by atoms with Crippen molar-refractivity contribution in [3.8, 4) is 22.3 Å². The highest BCUT2D eigenvalue weighted by atomic mass is 15.1. The molecule has 202 valence electrons. The molecule has 1 nitrogen and oxygen atoms in total. The van der Waals surface area contributed by atoms with Crippen molar-refractivity contribution in [2.45, 2.75) is 31.1 Å². The van der Waals surface area contributed by atoms with E-state index in [0.717, 1.165) is 11.8 Å². The topological polar surface area (TPSA) is 3.24 Å². The molecule has 1 spiro atoms. The number of nitrogens with zero attached hydrogens (tertiary/aromatic N) is 1. The quantitative estimate of drug-likeness (QED) is 0.215. The molecule has 0 heterocycles. The number of fused-ring (bicyclic) bond motifs is 9. The molecule has 6 aromatic rings. The minimum absolute atomic E-state index is 0.159. The van der Waals surface area contributed by atoms with Gasteiger partial charge in [-0.1, -0.05) is 122 Å². The molecule has 0 aliphatic heterocycles. The highest BCUT2D eigenvalue weighted by molar-refractivity contribution is 6.07. The summed E-state index contributed by atoms with van der Waals surface area (Å²) in [6.45, 7) is 0. The summed E-state index contributed by atoms with van der Waals surface area (Å²) >= 11 is 0. The standard InChI is InChI=1S/C41H33N/c1-3-12-29(13-4-1)32-24-25-38(34-17-8-7-16-33(32)34)42(31-14-5-2-6-15-31)39-21-11-20-37-40(39)35-18-9-10-19-36(35)41(37)27-28-22-23-30(41)26-28/h1-21,24-25,28,30H,22-23,26-27H2. The van der Waals surface area contributed by atoms with Gasteiger partial charge in [0.2, 0.25) is 0 Å². The minimum Gasteiger partial charge on any atom is -0.309 e. The van der Waals surface area contributed by atoms with Crippen LogP contribution in [0.15, 0.2) is 140 Å². The normalized spacial score (nSPS) is 21.5. The van der Waals surface area contributed by atoms with Gasteiger partial charge < -0.3 is 4.90 Å². The monoisotopic (exact) mass is 539 g/mol. The van der Waals surface area contributed by atoms with Crippen molar-refractivity contribution in [1.29, 1.82) is 0 Å². The summed E-state index contributed by atoms with van der Waals surface area (Å²) in [6, 6.07) is 51.8. The van der Waals surface area contributed by atoms with Crippen molar-refractivity contribution < 1.29 is 0 Å². The third-order valence-electron chi connectivity index (χ3n) is 10.5. The maximum Gasteiger partial charge on any atom is 0.0543 e. The number of anilines is 3. The van der Waals surface area contributed by atoms with Crippen molar-refractivity contribution in [3.63, 3.8) is 0 Å². The summed E-state index contributed by atoms with van der Waals surface area (Å²) < 4.78 is 0. The van der Waals surface area contributed by atoms with Gasteiger partial charge in [-0.3, -0.25) is 0 Å². The summed E-state index contributed by atoms with van der Waals surface area (Å²) in [7, 11) is 0. The van der Waals surface area contributed by atoms with Crippen molar-refractivity contribution in [1.82, 2.24) is 0 Å². The van der Waals surface area contributed by atoms with Gasteiger partial charge >= 0.3 is 0 Å². The third kappa shape index (κ3) is 3.31. The molecular formula is C41H33N. The summed E-state index contributed by atoms with van der Waals surface area (Å²) in [5.74, 6) is 1.61. The third-order valence-corrected chi connectivity index (χ3v) is 10.5. The smallest absolute Gasteiger partial charge is 0.0543 e. The molecule has 3 atom stereocenters. The summed E-state index contributed by atoms with van der Waals surface area (Å²) in [5, 5.41) is 2.54. The van der Waals surface area contributed by atoms with E-state index in [1.165, 1.54) is 75.8 Å². The predicted octanol–water partition coefficient (Wildman–Crippen LogP) is 11.1. The summed E-state index contributed by atoms with van der Waals surface area (Å²) in [5.41, 5.74) is 12.4. The molecule has 2 saturated carbocycles. The van der Waals surface area contributed by atoms with E-state index in [9.17, 15) is 0 Å². The maximum atomic E-state index is 2.53. The predicted molar refractivity (Wildman–Crippen MR) is 176 cm³/mol. The minimum atomic E-state index is 0.159. The van der Waals surface area contributed by atoms with Crippen molar-refractivity contribution in [2.24, 2.45) is 11.8 Å². The first kappa shape index (κ1) is 24.0. The zero-order chi connectivity index (χ0) is 27.7. The first-order chi connectivity index (χ1) is 20.8. The Kier molecular flexibility index (Phi) is 5.26. The van der Waals surface area contributed by atoms with Crippen molar-refractivity contribution in [2.75, 3.05) is 4.90 Å². The number of hydrogen-bond donors (Lipinski definition) is 0. The van der Waals surface area contributed by atoms with Crippen LogP contribution >= 0.6 is 0 Å². The van der Waals surface area contributed by atoms with E-state index in [1.807, 2.05) is 0 Å². The van der Waals surface area contributed by atoms with Crippen LogP contribution in [0.25, 0.3) is 33.0 Å². The van der Waals surface area contributed by atoms with Gasteiger partial charge in [-0.25, -0.2) is 0 Å². The second-order valence-electron chi connectivity index (χ2n) is 12.5. The van der Waals surface area contributed by atoms with E-state index < -0.39 is 0 Å². The highest BCUT2D eigenvalue weighted by Gasteiger charge is 2.57. The first-order valence-corrected chi connectivity index (χ1v) is 15.5. The van der Waals surface area contributed by atoms with E-state index in [4.69, 9.17) is 0 Å². The fourth-order valence-electron chi connectivity index (χ4n) is 8.94.